The van der Waals surface area contributed by atoms with E-state index in [1.165, 1.54) is 6.21 Å². The van der Waals surface area contributed by atoms with Gasteiger partial charge in [-0.3, -0.25) is 0 Å². The molecule has 0 spiro atoms. The lowest BCUT2D eigenvalue weighted by molar-refractivity contribution is 0.249. The number of carbonyl (C=O) groups excluding carboxylic acids is 1. The zero-order valence-corrected chi connectivity index (χ0v) is 17.8. The molecule has 12 nitrogen and oxygen atoms in total. The van der Waals surface area contributed by atoms with Crippen molar-refractivity contribution >= 4 is 46.2 Å². The minimum atomic E-state index is -0.766. The van der Waals surface area contributed by atoms with Crippen LogP contribution in [0.25, 0.3) is 16.6 Å². The van der Waals surface area contributed by atoms with Crippen molar-refractivity contribution < 1.29 is 9.90 Å². The second-order valence-corrected chi connectivity index (χ2v) is 7.18. The Morgan fingerprint density at radius 1 is 1.18 bits per heavy atom. The lowest BCUT2D eigenvalue weighted by Gasteiger charge is -2.05. The highest BCUT2D eigenvalue weighted by Gasteiger charge is 2.18. The number of nitrogens with one attached hydrogen (secondary N) is 1. The third-order valence-corrected chi connectivity index (χ3v) is 4.67. The fraction of sp³-hybridized carbons (Fsp3) is 0.0500. The molecule has 2 heterocycles. The number of nitrogens with two attached hydrogens (primary N) is 2. The molecule has 0 saturated heterocycles. The molecule has 166 valence electrons. The van der Waals surface area contributed by atoms with Gasteiger partial charge in [-0.2, -0.15) is 5.10 Å². The van der Waals surface area contributed by atoms with Gasteiger partial charge >= 0.3 is 6.03 Å². The van der Waals surface area contributed by atoms with Gasteiger partial charge in [-0.15, -0.1) is 15.3 Å². The van der Waals surface area contributed by atoms with Crippen LogP contribution in [-0.2, 0) is 6.54 Å². The highest BCUT2D eigenvalue weighted by atomic mass is 32.1. The standard InChI is InChI=1S/C20H18N10O2S/c21-19(32)26-23-9-12-5-1-3-7-15(12)30-11-13(24-28-30)10-29-16-8-4-2-6-14(16)17(18(29)31)25-27-20(22)33/h1-9,11,31H,10H2,(H2,22,33)(H3,21,26,32)/b23-9+,27-25?. The van der Waals surface area contributed by atoms with Gasteiger partial charge in [0.05, 0.1) is 30.2 Å². The van der Waals surface area contributed by atoms with E-state index < -0.39 is 6.03 Å². The fourth-order valence-corrected chi connectivity index (χ4v) is 3.29. The number of hydrogen-bond acceptors (Lipinski definition) is 7. The number of thiocarbonyl (C=S) groups is 1. The van der Waals surface area contributed by atoms with Gasteiger partial charge < -0.3 is 21.1 Å². The SMILES string of the molecule is NC(=O)N/N=C/c1ccccc1-n1cc(Cn2c(O)c(N=NC(N)=S)c3ccccc32)nn1. The van der Waals surface area contributed by atoms with Gasteiger partial charge in [0, 0.05) is 10.9 Å². The number of azo groups is 1. The molecule has 13 heteroatoms. The van der Waals surface area contributed by atoms with Gasteiger partial charge in [-0.05, 0) is 24.4 Å². The number of amides is 2. The first-order valence-electron chi connectivity index (χ1n) is 9.54. The van der Waals surface area contributed by atoms with E-state index in [4.69, 9.17) is 23.7 Å². The number of benzene rings is 2. The van der Waals surface area contributed by atoms with E-state index in [1.54, 1.807) is 21.5 Å². The number of aromatic nitrogens is 4. The van der Waals surface area contributed by atoms with E-state index in [0.29, 0.717) is 22.3 Å². The summed E-state index contributed by atoms with van der Waals surface area (Å²) < 4.78 is 3.21. The topological polar surface area (TPSA) is 174 Å². The summed E-state index contributed by atoms with van der Waals surface area (Å²) in [5.41, 5.74) is 15.5. The molecule has 4 rings (SSSR count). The van der Waals surface area contributed by atoms with Gasteiger partial charge in [0.15, 0.2) is 5.69 Å². The summed E-state index contributed by atoms with van der Waals surface area (Å²) in [5.74, 6) is -0.101. The van der Waals surface area contributed by atoms with Crippen LogP contribution in [0.5, 0.6) is 5.88 Å². The zero-order valence-electron chi connectivity index (χ0n) is 17.0. The minimum absolute atomic E-state index is 0.101. The zero-order chi connectivity index (χ0) is 23.4. The summed E-state index contributed by atoms with van der Waals surface area (Å²) in [5, 5.41) is 31.2. The lowest BCUT2D eigenvalue weighted by Crippen LogP contribution is -2.24. The Morgan fingerprint density at radius 3 is 2.73 bits per heavy atom. The number of hydrazone groups is 1. The Morgan fingerprint density at radius 2 is 1.94 bits per heavy atom. The maximum Gasteiger partial charge on any atom is 0.332 e. The molecule has 0 aliphatic carbocycles. The molecule has 0 bridgehead atoms. The summed E-state index contributed by atoms with van der Waals surface area (Å²) in [6, 6.07) is 13.8. The Balaban J connectivity index is 1.67. The minimum Gasteiger partial charge on any atom is -0.493 e. The summed E-state index contributed by atoms with van der Waals surface area (Å²) in [7, 11) is 0. The Kier molecular flexibility index (Phi) is 6.04. The van der Waals surface area contributed by atoms with Crippen LogP contribution >= 0.6 is 12.2 Å². The third-order valence-electron chi connectivity index (χ3n) is 4.59. The number of rotatable bonds is 6. The van der Waals surface area contributed by atoms with Crippen molar-refractivity contribution in [2.75, 3.05) is 0 Å². The molecule has 2 aromatic carbocycles. The van der Waals surface area contributed by atoms with Gasteiger partial charge in [-0.25, -0.2) is 14.9 Å². The number of nitrogens with zero attached hydrogens (tertiary/aromatic N) is 7. The maximum atomic E-state index is 10.8. The number of hydrogen-bond donors (Lipinski definition) is 4. The molecular weight excluding hydrogens is 444 g/mol. The molecule has 0 unspecified atom stereocenters. The second kappa shape index (κ2) is 9.23. The molecule has 0 fully saturated rings. The Hall–Kier alpha value is -4.65. The van der Waals surface area contributed by atoms with Crippen LogP contribution in [0, 0.1) is 0 Å². The molecule has 0 aliphatic rings. The quantitative estimate of drug-likeness (QED) is 0.148. The average molecular weight is 462 g/mol. The molecule has 0 saturated carbocycles. The van der Waals surface area contributed by atoms with E-state index >= 15 is 0 Å². The van der Waals surface area contributed by atoms with Crippen molar-refractivity contribution in [3.8, 4) is 11.6 Å². The first-order valence-corrected chi connectivity index (χ1v) is 9.95. The lowest BCUT2D eigenvalue weighted by atomic mass is 10.2. The number of urea groups is 1. The van der Waals surface area contributed by atoms with Gasteiger partial charge in [-0.1, -0.05) is 41.6 Å². The van der Waals surface area contributed by atoms with E-state index in [1.807, 2.05) is 42.5 Å². The van der Waals surface area contributed by atoms with E-state index in [2.05, 4.69) is 31.1 Å². The van der Waals surface area contributed by atoms with Crippen LogP contribution < -0.4 is 16.9 Å². The van der Waals surface area contributed by atoms with Gasteiger partial charge in [0.1, 0.15) is 5.69 Å². The monoisotopic (exact) mass is 462 g/mol. The van der Waals surface area contributed by atoms with Crippen molar-refractivity contribution in [2.24, 2.45) is 26.8 Å². The smallest absolute Gasteiger partial charge is 0.332 e. The number of para-hydroxylation sites is 2. The van der Waals surface area contributed by atoms with Crippen LogP contribution in [0.1, 0.15) is 11.3 Å². The summed E-state index contributed by atoms with van der Waals surface area (Å²) in [4.78, 5) is 10.8. The highest BCUT2D eigenvalue weighted by Crippen LogP contribution is 2.39. The predicted octanol–water partition coefficient (Wildman–Crippen LogP) is 2.31. The molecule has 2 aromatic heterocycles. The average Bonchev–Trinajstić information content (AvgIpc) is 3.36. The first-order chi connectivity index (χ1) is 15.9. The van der Waals surface area contributed by atoms with E-state index in [0.717, 1.165) is 5.52 Å². The molecule has 0 aliphatic heterocycles. The molecule has 0 atom stereocenters. The number of carbonyl (C=O) groups is 1. The van der Waals surface area contributed by atoms with Crippen LogP contribution in [-0.4, -0.2) is 42.0 Å². The Labute approximate surface area is 192 Å². The fourth-order valence-electron chi connectivity index (χ4n) is 3.25. The first kappa shape index (κ1) is 21.6. The van der Waals surface area contributed by atoms with E-state index in [9.17, 15) is 9.90 Å². The molecule has 6 N–H and O–H groups in total. The van der Waals surface area contributed by atoms with Crippen LogP contribution in [0.4, 0.5) is 10.5 Å². The largest absolute Gasteiger partial charge is 0.493 e. The summed E-state index contributed by atoms with van der Waals surface area (Å²) in [6.45, 7) is 0.217. The molecule has 4 aromatic rings. The predicted molar refractivity (Wildman–Crippen MR) is 126 cm³/mol. The van der Waals surface area contributed by atoms with Crippen LogP contribution in [0.3, 0.4) is 0 Å². The normalized spacial score (nSPS) is 11.5. The maximum absolute atomic E-state index is 10.8. The molecule has 2 amide bonds. The van der Waals surface area contributed by atoms with Crippen molar-refractivity contribution in [3.05, 3.63) is 66.0 Å². The van der Waals surface area contributed by atoms with Crippen molar-refractivity contribution in [2.45, 2.75) is 6.54 Å². The third kappa shape index (κ3) is 4.67. The van der Waals surface area contributed by atoms with Gasteiger partial charge in [0.25, 0.3) is 0 Å². The second-order valence-electron chi connectivity index (χ2n) is 6.76. The summed E-state index contributed by atoms with van der Waals surface area (Å²) >= 11 is 4.74. The van der Waals surface area contributed by atoms with E-state index in [-0.39, 0.29) is 23.2 Å². The number of primary amides is 1. The van der Waals surface area contributed by atoms with Crippen molar-refractivity contribution in [1.29, 1.82) is 0 Å². The highest BCUT2D eigenvalue weighted by molar-refractivity contribution is 7.80. The summed E-state index contributed by atoms with van der Waals surface area (Å²) in [6.07, 6.45) is 3.17. The Bertz CT molecular complexity index is 1410. The van der Waals surface area contributed by atoms with Crippen LogP contribution in [0.15, 0.2) is 70.1 Å². The number of aromatic hydroxyl groups is 1. The van der Waals surface area contributed by atoms with Gasteiger partial charge in [0.2, 0.25) is 11.0 Å². The number of fused-ring (bicyclic) bond motifs is 1. The molecular formula is C20H18N10O2S. The molecule has 33 heavy (non-hydrogen) atoms. The van der Waals surface area contributed by atoms with Crippen LogP contribution in [0.2, 0.25) is 0 Å². The molecule has 0 radical (unpaired) electrons. The van der Waals surface area contributed by atoms with Crippen molar-refractivity contribution in [3.63, 3.8) is 0 Å². The van der Waals surface area contributed by atoms with Crippen molar-refractivity contribution in [1.82, 2.24) is 25.0 Å².